The number of aliphatic carboxylic acids is 1. The Morgan fingerprint density at radius 2 is 1.92 bits per heavy atom. The van der Waals surface area contributed by atoms with Crippen LogP contribution in [0, 0.1) is 0 Å². The molecule has 0 saturated carbocycles. The van der Waals surface area contributed by atoms with Crippen molar-refractivity contribution in [2.24, 2.45) is 0 Å². The summed E-state index contributed by atoms with van der Waals surface area (Å²) >= 11 is 0. The minimum atomic E-state index is -1.76. The van der Waals surface area contributed by atoms with Crippen molar-refractivity contribution in [3.05, 3.63) is 12.0 Å². The van der Waals surface area contributed by atoms with E-state index in [9.17, 15) is 4.79 Å². The van der Waals surface area contributed by atoms with Crippen molar-refractivity contribution < 1.29 is 19.1 Å². The Bertz CT molecular complexity index is 192. The van der Waals surface area contributed by atoms with Gasteiger partial charge in [-0.3, -0.25) is 0 Å². The average molecular weight is 190 g/mol. The summed E-state index contributed by atoms with van der Waals surface area (Å²) in [6, 6.07) is 0. The number of hydrogen-bond acceptors (Lipinski definition) is 3. The van der Waals surface area contributed by atoms with E-state index < -0.39 is 14.3 Å². The highest BCUT2D eigenvalue weighted by Gasteiger charge is 2.18. The standard InChI is InChI=1S/C7H14O4Si/c1-10-7(5-6(8)9)11-12(2,3)4/h5H,1-4H3,(H,8,9)/b7-5+. The molecule has 0 saturated heterocycles. The van der Waals surface area contributed by atoms with Crippen LogP contribution in [0.15, 0.2) is 12.0 Å². The van der Waals surface area contributed by atoms with Gasteiger partial charge in [0.15, 0.2) is 0 Å². The zero-order valence-corrected chi connectivity index (χ0v) is 8.75. The highest BCUT2D eigenvalue weighted by Crippen LogP contribution is 2.10. The lowest BCUT2D eigenvalue weighted by Crippen LogP contribution is -2.25. The van der Waals surface area contributed by atoms with Crippen LogP contribution in [0.2, 0.25) is 19.6 Å². The maximum absolute atomic E-state index is 10.2. The van der Waals surface area contributed by atoms with E-state index in [1.54, 1.807) is 0 Å². The lowest BCUT2D eigenvalue weighted by Gasteiger charge is -2.19. The largest absolute Gasteiger partial charge is 0.520 e. The first kappa shape index (κ1) is 11.0. The van der Waals surface area contributed by atoms with E-state index in [1.165, 1.54) is 7.11 Å². The van der Waals surface area contributed by atoms with Crippen molar-refractivity contribution >= 4 is 14.3 Å². The summed E-state index contributed by atoms with van der Waals surface area (Å²) in [7, 11) is -0.381. The smallest absolute Gasteiger partial charge is 0.335 e. The van der Waals surface area contributed by atoms with Gasteiger partial charge >= 0.3 is 5.97 Å². The van der Waals surface area contributed by atoms with Crippen LogP contribution >= 0.6 is 0 Å². The highest BCUT2D eigenvalue weighted by atomic mass is 28.4. The fraction of sp³-hybridized carbons (Fsp3) is 0.571. The lowest BCUT2D eigenvalue weighted by molar-refractivity contribution is -0.131. The van der Waals surface area contributed by atoms with Crippen molar-refractivity contribution in [1.29, 1.82) is 0 Å². The van der Waals surface area contributed by atoms with Crippen LogP contribution in [0.25, 0.3) is 0 Å². The fourth-order valence-corrected chi connectivity index (χ4v) is 1.28. The molecule has 0 aromatic carbocycles. The quantitative estimate of drug-likeness (QED) is 0.414. The zero-order chi connectivity index (χ0) is 9.78. The third-order valence-electron chi connectivity index (χ3n) is 0.849. The molecular formula is C7H14O4Si. The third-order valence-corrected chi connectivity index (χ3v) is 1.66. The van der Waals surface area contributed by atoms with Gasteiger partial charge in [-0.25, -0.2) is 4.79 Å². The molecule has 70 valence electrons. The van der Waals surface area contributed by atoms with E-state index in [0.29, 0.717) is 0 Å². The first-order valence-electron chi connectivity index (χ1n) is 3.53. The van der Waals surface area contributed by atoms with Crippen LogP contribution in [-0.2, 0) is 14.0 Å². The SMILES string of the molecule is CO/C(=C\C(=O)O)O[Si](C)(C)C. The van der Waals surface area contributed by atoms with Crippen LogP contribution < -0.4 is 0 Å². The third kappa shape index (κ3) is 5.78. The van der Waals surface area contributed by atoms with Gasteiger partial charge in [0, 0.05) is 0 Å². The van der Waals surface area contributed by atoms with Gasteiger partial charge in [0.1, 0.15) is 6.08 Å². The number of methoxy groups -OCH3 is 1. The summed E-state index contributed by atoms with van der Waals surface area (Å²) in [6.45, 7) is 5.84. The van der Waals surface area contributed by atoms with E-state index in [2.05, 4.69) is 0 Å². The summed E-state index contributed by atoms with van der Waals surface area (Å²) < 4.78 is 10.0. The van der Waals surface area contributed by atoms with Crippen LogP contribution in [0.3, 0.4) is 0 Å². The molecule has 1 N–H and O–H groups in total. The Kier molecular flexibility index (Phi) is 3.82. The van der Waals surface area contributed by atoms with E-state index in [0.717, 1.165) is 6.08 Å². The molecule has 5 heteroatoms. The van der Waals surface area contributed by atoms with Gasteiger partial charge < -0.3 is 14.3 Å². The van der Waals surface area contributed by atoms with Crippen molar-refractivity contribution in [2.45, 2.75) is 19.6 Å². The van der Waals surface area contributed by atoms with Gasteiger partial charge in [-0.2, -0.15) is 0 Å². The topological polar surface area (TPSA) is 55.8 Å². The maximum atomic E-state index is 10.2. The van der Waals surface area contributed by atoms with Crippen molar-refractivity contribution in [3.8, 4) is 0 Å². The minimum absolute atomic E-state index is 0.0710. The molecule has 0 rings (SSSR count). The summed E-state index contributed by atoms with van der Waals surface area (Å²) in [5.41, 5.74) is 0. The van der Waals surface area contributed by atoms with Crippen LogP contribution in [-0.4, -0.2) is 26.5 Å². The summed E-state index contributed by atoms with van der Waals surface area (Å²) in [5, 5.41) is 8.39. The Balaban J connectivity index is 4.28. The normalized spacial score (nSPS) is 12.5. The molecule has 0 aromatic rings. The maximum Gasteiger partial charge on any atom is 0.335 e. The molecule has 0 radical (unpaired) electrons. The molecule has 12 heavy (non-hydrogen) atoms. The van der Waals surface area contributed by atoms with E-state index in [4.69, 9.17) is 14.3 Å². The minimum Gasteiger partial charge on any atom is -0.520 e. The molecular weight excluding hydrogens is 176 g/mol. The van der Waals surface area contributed by atoms with Crippen molar-refractivity contribution in [3.63, 3.8) is 0 Å². The fourth-order valence-electron chi connectivity index (χ4n) is 0.533. The molecule has 0 aliphatic heterocycles. The Labute approximate surface area is 72.9 Å². The van der Waals surface area contributed by atoms with Gasteiger partial charge in [0.05, 0.1) is 7.11 Å². The molecule has 0 aliphatic carbocycles. The van der Waals surface area contributed by atoms with E-state index in [1.807, 2.05) is 19.6 Å². The van der Waals surface area contributed by atoms with Crippen LogP contribution in [0.1, 0.15) is 0 Å². The molecule has 0 amide bonds. The predicted molar refractivity (Wildman–Crippen MR) is 47.2 cm³/mol. The van der Waals surface area contributed by atoms with Gasteiger partial charge in [-0.15, -0.1) is 0 Å². The number of hydrogen-bond donors (Lipinski definition) is 1. The second-order valence-electron chi connectivity index (χ2n) is 3.22. The first-order valence-corrected chi connectivity index (χ1v) is 6.93. The summed E-state index contributed by atoms with van der Waals surface area (Å²) in [4.78, 5) is 10.2. The van der Waals surface area contributed by atoms with Gasteiger partial charge in [-0.05, 0) is 19.6 Å². The predicted octanol–water partition coefficient (Wildman–Crippen LogP) is 1.41. The average Bonchev–Trinajstić information content (AvgIpc) is 1.82. The second kappa shape index (κ2) is 4.15. The zero-order valence-electron chi connectivity index (χ0n) is 7.75. The molecule has 0 fully saturated rings. The van der Waals surface area contributed by atoms with E-state index in [-0.39, 0.29) is 5.95 Å². The van der Waals surface area contributed by atoms with E-state index >= 15 is 0 Å². The molecule has 0 heterocycles. The molecule has 0 aliphatic rings. The highest BCUT2D eigenvalue weighted by molar-refractivity contribution is 6.70. The number of carboxylic acid groups (broad SMARTS) is 1. The van der Waals surface area contributed by atoms with Crippen molar-refractivity contribution in [2.75, 3.05) is 7.11 Å². The summed E-state index contributed by atoms with van der Waals surface area (Å²) in [5.74, 6) is -0.994. The molecule has 0 bridgehead atoms. The second-order valence-corrected chi connectivity index (χ2v) is 7.65. The Hall–Kier alpha value is -0.973. The molecule has 0 spiro atoms. The lowest BCUT2D eigenvalue weighted by atomic mass is 10.6. The van der Waals surface area contributed by atoms with Gasteiger partial charge in [-0.1, -0.05) is 0 Å². The number of rotatable bonds is 4. The molecule has 0 unspecified atom stereocenters. The van der Waals surface area contributed by atoms with Gasteiger partial charge in [0.25, 0.3) is 5.95 Å². The molecule has 4 nitrogen and oxygen atoms in total. The monoisotopic (exact) mass is 190 g/mol. The van der Waals surface area contributed by atoms with Crippen molar-refractivity contribution in [1.82, 2.24) is 0 Å². The Morgan fingerprint density at radius 3 is 2.17 bits per heavy atom. The van der Waals surface area contributed by atoms with Crippen LogP contribution in [0.5, 0.6) is 0 Å². The molecule has 0 atom stereocenters. The van der Waals surface area contributed by atoms with Crippen LogP contribution in [0.4, 0.5) is 0 Å². The Morgan fingerprint density at radius 1 is 1.42 bits per heavy atom. The summed E-state index contributed by atoms with van der Waals surface area (Å²) in [6.07, 6.45) is 0.915. The number of ether oxygens (including phenoxy) is 1. The molecule has 0 aromatic heterocycles. The number of carbonyl (C=O) groups is 1. The number of carboxylic acids is 1. The first-order chi connectivity index (χ1) is 5.35. The van der Waals surface area contributed by atoms with Gasteiger partial charge in [0.2, 0.25) is 8.32 Å².